The summed E-state index contributed by atoms with van der Waals surface area (Å²) in [5.74, 6) is 2.34. The van der Waals surface area contributed by atoms with Crippen LogP contribution in [0.2, 0.25) is 0 Å². The Morgan fingerprint density at radius 1 is 1.10 bits per heavy atom. The van der Waals surface area contributed by atoms with Gasteiger partial charge < -0.3 is 10.4 Å². The lowest BCUT2D eigenvalue weighted by atomic mass is 9.69. The Kier molecular flexibility index (Phi) is 4.30. The second-order valence-corrected chi connectivity index (χ2v) is 6.80. The van der Waals surface area contributed by atoms with Gasteiger partial charge in [-0.05, 0) is 55.7 Å². The zero-order valence-corrected chi connectivity index (χ0v) is 12.5. The maximum atomic E-state index is 9.59. The molecule has 0 radical (unpaired) electrons. The molecule has 4 unspecified atom stereocenters. The first-order valence-electron chi connectivity index (χ1n) is 8.27. The molecule has 2 N–H and O–H groups in total. The van der Waals surface area contributed by atoms with Crippen LogP contribution in [-0.2, 0) is 0 Å². The van der Waals surface area contributed by atoms with Gasteiger partial charge in [-0.25, -0.2) is 0 Å². The van der Waals surface area contributed by atoms with Crippen LogP contribution in [0.4, 0.5) is 0 Å². The van der Waals surface area contributed by atoms with Crippen LogP contribution in [0, 0.1) is 11.8 Å². The first-order valence-corrected chi connectivity index (χ1v) is 8.27. The highest BCUT2D eigenvalue weighted by molar-refractivity contribution is 5.29. The monoisotopic (exact) mass is 273 g/mol. The van der Waals surface area contributed by atoms with E-state index in [1.165, 1.54) is 50.5 Å². The first-order chi connectivity index (χ1) is 9.72. The summed E-state index contributed by atoms with van der Waals surface area (Å²) >= 11 is 0. The fourth-order valence-electron chi connectivity index (χ4n) is 4.27. The lowest BCUT2D eigenvalue weighted by Crippen LogP contribution is -2.39. The van der Waals surface area contributed by atoms with E-state index in [0.717, 1.165) is 11.8 Å². The van der Waals surface area contributed by atoms with Gasteiger partial charge in [-0.2, -0.15) is 0 Å². The van der Waals surface area contributed by atoms with Gasteiger partial charge in [-0.15, -0.1) is 0 Å². The maximum absolute atomic E-state index is 9.59. The zero-order valence-electron chi connectivity index (χ0n) is 12.5. The molecule has 20 heavy (non-hydrogen) atoms. The van der Waals surface area contributed by atoms with Gasteiger partial charge >= 0.3 is 0 Å². The summed E-state index contributed by atoms with van der Waals surface area (Å²) in [7, 11) is 0. The molecule has 2 nitrogen and oxygen atoms in total. The number of nitrogens with one attached hydrogen (secondary N) is 1. The topological polar surface area (TPSA) is 32.3 Å². The van der Waals surface area contributed by atoms with E-state index in [1.54, 1.807) is 6.07 Å². The van der Waals surface area contributed by atoms with Crippen molar-refractivity contribution in [3.05, 3.63) is 29.8 Å². The molecule has 0 aromatic heterocycles. The Balaban J connectivity index is 1.58. The van der Waals surface area contributed by atoms with Crippen molar-refractivity contribution in [3.8, 4) is 5.75 Å². The molecule has 0 saturated heterocycles. The molecule has 2 saturated carbocycles. The second-order valence-electron chi connectivity index (χ2n) is 6.80. The number of rotatable bonds is 3. The third-order valence-corrected chi connectivity index (χ3v) is 5.40. The van der Waals surface area contributed by atoms with Gasteiger partial charge in [0.15, 0.2) is 0 Å². The number of phenolic OH excluding ortho intramolecular Hbond substituents is 1. The SMILES string of the molecule is CC(NC1CCC2CCCCC2C1)c1cccc(O)c1. The van der Waals surface area contributed by atoms with E-state index in [4.69, 9.17) is 0 Å². The summed E-state index contributed by atoms with van der Waals surface area (Å²) in [5.41, 5.74) is 1.19. The molecule has 2 aliphatic carbocycles. The summed E-state index contributed by atoms with van der Waals surface area (Å²) < 4.78 is 0. The smallest absolute Gasteiger partial charge is 0.115 e. The lowest BCUT2D eigenvalue weighted by Gasteiger charge is -2.40. The number of aromatic hydroxyl groups is 1. The normalized spacial score (nSPS) is 31.6. The molecule has 2 fully saturated rings. The molecular formula is C18H27NO. The Labute approximate surface area is 122 Å². The average Bonchev–Trinajstić information content (AvgIpc) is 2.47. The highest BCUT2D eigenvalue weighted by Gasteiger charge is 2.32. The number of benzene rings is 1. The maximum Gasteiger partial charge on any atom is 0.115 e. The van der Waals surface area contributed by atoms with E-state index < -0.39 is 0 Å². The highest BCUT2D eigenvalue weighted by atomic mass is 16.3. The van der Waals surface area contributed by atoms with Crippen molar-refractivity contribution >= 4 is 0 Å². The molecule has 4 atom stereocenters. The summed E-state index contributed by atoms with van der Waals surface area (Å²) in [6, 6.07) is 8.64. The molecule has 3 rings (SSSR count). The summed E-state index contributed by atoms with van der Waals surface area (Å²) in [6.45, 7) is 2.21. The van der Waals surface area contributed by atoms with Crippen LogP contribution in [0.15, 0.2) is 24.3 Å². The minimum absolute atomic E-state index is 0.326. The van der Waals surface area contributed by atoms with Crippen LogP contribution in [0.3, 0.4) is 0 Å². The van der Waals surface area contributed by atoms with Gasteiger partial charge in [0.1, 0.15) is 5.75 Å². The van der Waals surface area contributed by atoms with Crippen LogP contribution >= 0.6 is 0 Å². The molecule has 2 heteroatoms. The zero-order chi connectivity index (χ0) is 13.9. The Hall–Kier alpha value is -1.02. The van der Waals surface area contributed by atoms with Gasteiger partial charge in [0, 0.05) is 12.1 Å². The second kappa shape index (κ2) is 6.17. The number of fused-ring (bicyclic) bond motifs is 1. The van der Waals surface area contributed by atoms with Gasteiger partial charge in [-0.3, -0.25) is 0 Å². The summed E-state index contributed by atoms with van der Waals surface area (Å²) in [5, 5.41) is 13.4. The van der Waals surface area contributed by atoms with Crippen LogP contribution in [0.5, 0.6) is 5.75 Å². The van der Waals surface area contributed by atoms with Crippen LogP contribution in [-0.4, -0.2) is 11.1 Å². The van der Waals surface area contributed by atoms with Gasteiger partial charge in [0.25, 0.3) is 0 Å². The van der Waals surface area contributed by atoms with Gasteiger partial charge in [0.2, 0.25) is 0 Å². The minimum atomic E-state index is 0.326. The molecule has 2 aliphatic rings. The van der Waals surface area contributed by atoms with Crippen LogP contribution < -0.4 is 5.32 Å². The Bertz CT molecular complexity index is 445. The number of hydrogen-bond donors (Lipinski definition) is 2. The fourth-order valence-corrected chi connectivity index (χ4v) is 4.27. The van der Waals surface area contributed by atoms with Crippen molar-refractivity contribution in [2.75, 3.05) is 0 Å². The van der Waals surface area contributed by atoms with Crippen LogP contribution in [0.25, 0.3) is 0 Å². The lowest BCUT2D eigenvalue weighted by molar-refractivity contribution is 0.139. The van der Waals surface area contributed by atoms with E-state index >= 15 is 0 Å². The van der Waals surface area contributed by atoms with E-state index in [9.17, 15) is 5.11 Å². The largest absolute Gasteiger partial charge is 0.508 e. The molecule has 0 aliphatic heterocycles. The molecule has 0 amide bonds. The predicted molar refractivity (Wildman–Crippen MR) is 82.7 cm³/mol. The Morgan fingerprint density at radius 3 is 2.70 bits per heavy atom. The molecule has 0 heterocycles. The molecule has 110 valence electrons. The molecule has 1 aromatic carbocycles. The standard InChI is InChI=1S/C18H27NO/c1-13(15-7-4-8-18(20)12-15)19-17-10-9-14-5-2-3-6-16(14)11-17/h4,7-8,12-14,16-17,19-20H,2-3,5-6,9-11H2,1H3. The van der Waals surface area contributed by atoms with Crippen molar-refractivity contribution in [2.45, 2.75) is 64.0 Å². The fraction of sp³-hybridized carbons (Fsp3) is 0.667. The van der Waals surface area contributed by atoms with Crippen molar-refractivity contribution < 1.29 is 5.11 Å². The quantitative estimate of drug-likeness (QED) is 0.855. The number of hydrogen-bond acceptors (Lipinski definition) is 2. The minimum Gasteiger partial charge on any atom is -0.508 e. The van der Waals surface area contributed by atoms with Crippen molar-refractivity contribution in [2.24, 2.45) is 11.8 Å². The van der Waals surface area contributed by atoms with Gasteiger partial charge in [-0.1, -0.05) is 37.8 Å². The molecular weight excluding hydrogens is 246 g/mol. The molecule has 1 aromatic rings. The van der Waals surface area contributed by atoms with Crippen LogP contribution in [0.1, 0.15) is 63.5 Å². The Morgan fingerprint density at radius 2 is 1.90 bits per heavy atom. The summed E-state index contributed by atoms with van der Waals surface area (Å²) in [6.07, 6.45) is 9.91. The molecule has 0 spiro atoms. The van der Waals surface area contributed by atoms with Crippen molar-refractivity contribution in [1.82, 2.24) is 5.32 Å². The van der Waals surface area contributed by atoms with E-state index in [1.807, 2.05) is 12.1 Å². The average molecular weight is 273 g/mol. The summed E-state index contributed by atoms with van der Waals surface area (Å²) in [4.78, 5) is 0. The van der Waals surface area contributed by atoms with E-state index in [0.29, 0.717) is 17.8 Å². The third-order valence-electron chi connectivity index (χ3n) is 5.40. The van der Waals surface area contributed by atoms with Crippen molar-refractivity contribution in [1.29, 1.82) is 0 Å². The first kappa shape index (κ1) is 13.9. The number of phenols is 1. The van der Waals surface area contributed by atoms with E-state index in [-0.39, 0.29) is 0 Å². The highest BCUT2D eigenvalue weighted by Crippen LogP contribution is 2.40. The predicted octanol–water partition coefficient (Wildman–Crippen LogP) is 4.40. The van der Waals surface area contributed by atoms with Gasteiger partial charge in [0.05, 0.1) is 0 Å². The van der Waals surface area contributed by atoms with Crippen molar-refractivity contribution in [3.63, 3.8) is 0 Å². The van der Waals surface area contributed by atoms with E-state index in [2.05, 4.69) is 18.3 Å². The molecule has 0 bridgehead atoms. The third kappa shape index (κ3) is 3.17.